The molecule has 2 aromatic carbocycles. The quantitative estimate of drug-likeness (QED) is 0.432. The Hall–Kier alpha value is -3.59. The molecule has 8 nitrogen and oxygen atoms in total. The highest BCUT2D eigenvalue weighted by Crippen LogP contribution is 2.35. The lowest BCUT2D eigenvalue weighted by atomic mass is 10.2. The predicted molar refractivity (Wildman–Crippen MR) is 119 cm³/mol. The molecule has 0 saturated heterocycles. The maximum Gasteiger partial charge on any atom is 0.325 e. The van der Waals surface area contributed by atoms with Gasteiger partial charge in [0.05, 0.1) is 12.8 Å². The van der Waals surface area contributed by atoms with E-state index in [1.165, 1.54) is 11.6 Å². The van der Waals surface area contributed by atoms with Crippen molar-refractivity contribution in [2.75, 3.05) is 7.11 Å². The zero-order chi connectivity index (χ0) is 21.8. The third-order valence-electron chi connectivity index (χ3n) is 4.73. The molecule has 1 atom stereocenters. The number of aromatic nitrogens is 5. The van der Waals surface area contributed by atoms with E-state index in [9.17, 15) is 9.59 Å². The summed E-state index contributed by atoms with van der Waals surface area (Å²) < 4.78 is 7.30. The average molecular weight is 436 g/mol. The van der Waals surface area contributed by atoms with Gasteiger partial charge in [-0.3, -0.25) is 14.3 Å². The molecule has 0 amide bonds. The Balaban J connectivity index is 1.76. The second kappa shape index (κ2) is 9.05. The highest BCUT2D eigenvalue weighted by molar-refractivity contribution is 7.99. The summed E-state index contributed by atoms with van der Waals surface area (Å²) in [5, 5.41) is 9.62. The molecule has 1 unspecified atom stereocenters. The van der Waals surface area contributed by atoms with Crippen LogP contribution < -0.4 is 16.0 Å². The Morgan fingerprint density at radius 1 is 1.03 bits per heavy atom. The first kappa shape index (κ1) is 20.7. The van der Waals surface area contributed by atoms with E-state index in [4.69, 9.17) is 4.74 Å². The van der Waals surface area contributed by atoms with Gasteiger partial charge >= 0.3 is 5.69 Å². The number of benzene rings is 2. The van der Waals surface area contributed by atoms with E-state index in [0.717, 1.165) is 5.69 Å². The van der Waals surface area contributed by atoms with Crippen molar-refractivity contribution in [2.45, 2.75) is 23.8 Å². The SMILES string of the molecule is COc1cccc(-n2c(Cc3cc(=O)[nH]c(=O)[nH]3)nnc2SC(C)c2ccccc2)c1. The Bertz CT molecular complexity index is 1270. The van der Waals surface area contributed by atoms with Gasteiger partial charge in [-0.15, -0.1) is 10.2 Å². The summed E-state index contributed by atoms with van der Waals surface area (Å²) in [4.78, 5) is 28.2. The van der Waals surface area contributed by atoms with Crippen LogP contribution in [0.4, 0.5) is 0 Å². The normalized spacial score (nSPS) is 11.9. The first-order valence-electron chi connectivity index (χ1n) is 9.66. The van der Waals surface area contributed by atoms with E-state index >= 15 is 0 Å². The van der Waals surface area contributed by atoms with Crippen LogP contribution in [0.2, 0.25) is 0 Å². The number of methoxy groups -OCH3 is 1. The molecule has 158 valence electrons. The summed E-state index contributed by atoms with van der Waals surface area (Å²) in [6.07, 6.45) is 0.240. The molecule has 0 fully saturated rings. The summed E-state index contributed by atoms with van der Waals surface area (Å²) >= 11 is 1.58. The summed E-state index contributed by atoms with van der Waals surface area (Å²) in [6, 6.07) is 19.1. The minimum atomic E-state index is -0.553. The molecule has 0 radical (unpaired) electrons. The number of aromatic amines is 2. The maximum absolute atomic E-state index is 11.7. The summed E-state index contributed by atoms with van der Waals surface area (Å²) in [5.74, 6) is 1.30. The Kier molecular flexibility index (Phi) is 6.03. The van der Waals surface area contributed by atoms with Crippen molar-refractivity contribution in [3.63, 3.8) is 0 Å². The summed E-state index contributed by atoms with van der Waals surface area (Å²) in [5.41, 5.74) is 1.45. The van der Waals surface area contributed by atoms with E-state index in [1.54, 1.807) is 18.9 Å². The van der Waals surface area contributed by atoms with Crippen molar-refractivity contribution in [3.05, 3.63) is 98.6 Å². The van der Waals surface area contributed by atoms with Crippen LogP contribution in [-0.4, -0.2) is 31.8 Å². The highest BCUT2D eigenvalue weighted by Gasteiger charge is 2.19. The van der Waals surface area contributed by atoms with E-state index < -0.39 is 11.2 Å². The van der Waals surface area contributed by atoms with E-state index in [1.807, 2.05) is 47.0 Å². The van der Waals surface area contributed by atoms with Crippen molar-refractivity contribution >= 4 is 11.8 Å². The minimum Gasteiger partial charge on any atom is -0.497 e. The summed E-state index contributed by atoms with van der Waals surface area (Å²) in [6.45, 7) is 2.11. The third kappa shape index (κ3) is 4.77. The predicted octanol–water partition coefficient (Wildman–Crippen LogP) is 3.10. The topological polar surface area (TPSA) is 106 Å². The molecule has 2 heterocycles. The van der Waals surface area contributed by atoms with E-state index in [0.29, 0.717) is 22.4 Å². The lowest BCUT2D eigenvalue weighted by molar-refractivity contribution is 0.414. The number of rotatable bonds is 7. The van der Waals surface area contributed by atoms with Crippen LogP contribution in [0.5, 0.6) is 5.75 Å². The van der Waals surface area contributed by atoms with Gasteiger partial charge in [0.15, 0.2) is 5.16 Å². The zero-order valence-corrected chi connectivity index (χ0v) is 17.8. The fraction of sp³-hybridized carbons (Fsp3) is 0.182. The van der Waals surface area contributed by atoms with Crippen molar-refractivity contribution < 1.29 is 4.74 Å². The Morgan fingerprint density at radius 2 is 1.84 bits per heavy atom. The number of nitrogens with zero attached hydrogens (tertiary/aromatic N) is 3. The van der Waals surface area contributed by atoms with Gasteiger partial charge in [-0.1, -0.05) is 48.2 Å². The molecular formula is C22H21N5O3S. The monoisotopic (exact) mass is 435 g/mol. The average Bonchev–Trinajstić information content (AvgIpc) is 3.15. The molecule has 2 aromatic heterocycles. The van der Waals surface area contributed by atoms with Crippen LogP contribution in [0.25, 0.3) is 5.69 Å². The van der Waals surface area contributed by atoms with Crippen LogP contribution in [-0.2, 0) is 6.42 Å². The third-order valence-corrected chi connectivity index (χ3v) is 5.83. The first-order valence-corrected chi connectivity index (χ1v) is 10.5. The molecule has 9 heteroatoms. The maximum atomic E-state index is 11.7. The van der Waals surface area contributed by atoms with Crippen LogP contribution in [0.1, 0.15) is 29.3 Å². The molecule has 0 aliphatic rings. The number of nitrogens with one attached hydrogen (secondary N) is 2. The van der Waals surface area contributed by atoms with Crippen LogP contribution in [0.15, 0.2) is 75.4 Å². The largest absolute Gasteiger partial charge is 0.497 e. The minimum absolute atomic E-state index is 0.141. The van der Waals surface area contributed by atoms with Gasteiger partial charge in [0.1, 0.15) is 11.6 Å². The fourth-order valence-electron chi connectivity index (χ4n) is 3.24. The van der Waals surface area contributed by atoms with Crippen molar-refractivity contribution in [2.24, 2.45) is 0 Å². The lowest BCUT2D eigenvalue weighted by Gasteiger charge is -2.14. The van der Waals surface area contributed by atoms with E-state index in [-0.39, 0.29) is 11.7 Å². The Morgan fingerprint density at radius 3 is 2.58 bits per heavy atom. The standard InChI is InChI=1S/C22H21N5O3S/c1-14(15-7-4-3-5-8-15)31-22-26-25-19(11-16-12-20(28)24-21(29)23-16)27(22)17-9-6-10-18(13-17)30-2/h3-10,12-14H,11H2,1-2H3,(H2,23,24,28,29). The fourth-order valence-corrected chi connectivity index (χ4v) is 4.25. The number of H-pyrrole nitrogens is 2. The molecule has 4 rings (SSSR count). The molecule has 0 spiro atoms. The van der Waals surface area contributed by atoms with Gasteiger partial charge in [0.25, 0.3) is 5.56 Å². The van der Waals surface area contributed by atoms with Gasteiger partial charge in [-0.05, 0) is 24.6 Å². The summed E-state index contributed by atoms with van der Waals surface area (Å²) in [7, 11) is 1.61. The second-order valence-electron chi connectivity index (χ2n) is 6.90. The van der Waals surface area contributed by atoms with Crippen LogP contribution in [0.3, 0.4) is 0 Å². The number of ether oxygens (including phenoxy) is 1. The van der Waals surface area contributed by atoms with Crippen LogP contribution in [0, 0.1) is 0 Å². The van der Waals surface area contributed by atoms with Gasteiger partial charge in [-0.2, -0.15) is 0 Å². The number of hydrogen-bond acceptors (Lipinski definition) is 6. The number of hydrogen-bond donors (Lipinski definition) is 2. The molecule has 0 aliphatic carbocycles. The van der Waals surface area contributed by atoms with Gasteiger partial charge in [0, 0.05) is 29.5 Å². The van der Waals surface area contributed by atoms with Crippen molar-refractivity contribution in [1.82, 2.24) is 24.7 Å². The van der Waals surface area contributed by atoms with E-state index in [2.05, 4.69) is 39.2 Å². The highest BCUT2D eigenvalue weighted by atomic mass is 32.2. The van der Waals surface area contributed by atoms with Gasteiger partial charge in [-0.25, -0.2) is 4.79 Å². The Labute approximate surface area is 182 Å². The van der Waals surface area contributed by atoms with Gasteiger partial charge < -0.3 is 9.72 Å². The number of thioether (sulfide) groups is 1. The lowest BCUT2D eigenvalue weighted by Crippen LogP contribution is -2.23. The van der Waals surface area contributed by atoms with Gasteiger partial charge in [0.2, 0.25) is 0 Å². The second-order valence-corrected chi connectivity index (χ2v) is 8.20. The van der Waals surface area contributed by atoms with Crippen molar-refractivity contribution in [3.8, 4) is 11.4 Å². The first-order chi connectivity index (χ1) is 15.0. The molecule has 4 aromatic rings. The molecule has 0 bridgehead atoms. The molecular weight excluding hydrogens is 414 g/mol. The van der Waals surface area contributed by atoms with Crippen molar-refractivity contribution in [1.29, 1.82) is 0 Å². The molecule has 0 saturated carbocycles. The molecule has 31 heavy (non-hydrogen) atoms. The van der Waals surface area contributed by atoms with Crippen LogP contribution >= 0.6 is 11.8 Å². The smallest absolute Gasteiger partial charge is 0.325 e. The molecule has 0 aliphatic heterocycles. The zero-order valence-electron chi connectivity index (χ0n) is 17.0. The molecule has 2 N–H and O–H groups in total.